The van der Waals surface area contributed by atoms with Crippen LogP contribution in [0.25, 0.3) is 0 Å². The number of nitrogens with one attached hydrogen (secondary N) is 2. The summed E-state index contributed by atoms with van der Waals surface area (Å²) in [5, 5.41) is 6.12. The Morgan fingerprint density at radius 2 is 2.25 bits per heavy atom. The zero-order valence-corrected chi connectivity index (χ0v) is 12.7. The Hall–Kier alpha value is -1.55. The lowest BCUT2D eigenvalue weighted by Gasteiger charge is -2.20. The second-order valence-electron chi connectivity index (χ2n) is 5.34. The van der Waals surface area contributed by atoms with Gasteiger partial charge >= 0.3 is 0 Å². The van der Waals surface area contributed by atoms with Gasteiger partial charge in [0, 0.05) is 37.8 Å². The van der Waals surface area contributed by atoms with E-state index in [-0.39, 0.29) is 5.91 Å². The molecule has 0 fully saturated rings. The lowest BCUT2D eigenvalue weighted by atomic mass is 10.0. The normalized spacial score (nSPS) is 15.1. The van der Waals surface area contributed by atoms with Gasteiger partial charge in [-0.15, -0.1) is 0 Å². The summed E-state index contributed by atoms with van der Waals surface area (Å²) in [6.07, 6.45) is 1.65. The molecule has 1 aromatic carbocycles. The highest BCUT2D eigenvalue weighted by molar-refractivity contribution is 5.76. The van der Waals surface area contributed by atoms with Gasteiger partial charge in [0.2, 0.25) is 5.91 Å². The van der Waals surface area contributed by atoms with E-state index in [1.54, 1.807) is 0 Å². The van der Waals surface area contributed by atoms with Gasteiger partial charge in [-0.3, -0.25) is 4.79 Å². The van der Waals surface area contributed by atoms with E-state index >= 15 is 0 Å². The lowest BCUT2D eigenvalue weighted by Crippen LogP contribution is -2.29. The maximum atomic E-state index is 11.5. The Morgan fingerprint density at radius 1 is 1.45 bits per heavy atom. The molecular formula is C16H25N3O. The van der Waals surface area contributed by atoms with Crippen LogP contribution in [0.5, 0.6) is 0 Å². The van der Waals surface area contributed by atoms with Gasteiger partial charge < -0.3 is 15.5 Å². The minimum atomic E-state index is 0.140. The highest BCUT2D eigenvalue weighted by Crippen LogP contribution is 2.30. The van der Waals surface area contributed by atoms with Crippen LogP contribution in [0.2, 0.25) is 0 Å². The summed E-state index contributed by atoms with van der Waals surface area (Å²) in [6, 6.07) is 7.06. The third-order valence-electron chi connectivity index (χ3n) is 4.01. The second-order valence-corrected chi connectivity index (χ2v) is 5.34. The molecule has 0 radical (unpaired) electrons. The number of nitrogens with zero attached hydrogens (tertiary/aromatic N) is 1. The van der Waals surface area contributed by atoms with E-state index in [0.717, 1.165) is 19.5 Å². The van der Waals surface area contributed by atoms with E-state index in [2.05, 4.69) is 40.7 Å². The van der Waals surface area contributed by atoms with Crippen molar-refractivity contribution in [3.8, 4) is 0 Å². The monoisotopic (exact) mass is 275 g/mol. The number of benzene rings is 1. The third kappa shape index (κ3) is 3.31. The van der Waals surface area contributed by atoms with Crippen molar-refractivity contribution < 1.29 is 4.79 Å². The van der Waals surface area contributed by atoms with Gasteiger partial charge in [-0.2, -0.15) is 0 Å². The number of rotatable bonds is 6. The topological polar surface area (TPSA) is 44.4 Å². The molecule has 110 valence electrons. The van der Waals surface area contributed by atoms with Crippen LogP contribution in [0.15, 0.2) is 18.2 Å². The highest BCUT2D eigenvalue weighted by Gasteiger charge is 2.20. The van der Waals surface area contributed by atoms with Crippen LogP contribution >= 0.6 is 0 Å². The highest BCUT2D eigenvalue weighted by atomic mass is 16.1. The summed E-state index contributed by atoms with van der Waals surface area (Å²) < 4.78 is 0. The predicted octanol–water partition coefficient (Wildman–Crippen LogP) is 1.86. The average Bonchev–Trinajstić information content (AvgIpc) is 2.86. The molecule has 1 aliphatic rings. The molecule has 2 rings (SSSR count). The molecule has 0 spiro atoms. The van der Waals surface area contributed by atoms with E-state index in [9.17, 15) is 4.79 Å². The van der Waals surface area contributed by atoms with Crippen LogP contribution in [0.3, 0.4) is 0 Å². The summed E-state index contributed by atoms with van der Waals surface area (Å²) in [5.41, 5.74) is 4.03. The molecule has 1 atom stereocenters. The number of carbonyl (C=O) groups excluding carboxylic acids is 1. The van der Waals surface area contributed by atoms with E-state index in [1.807, 2.05) is 14.0 Å². The summed E-state index contributed by atoms with van der Waals surface area (Å²) in [5.74, 6) is 0.140. The van der Waals surface area contributed by atoms with Crippen molar-refractivity contribution in [3.05, 3.63) is 29.3 Å². The molecule has 0 aromatic heterocycles. The SMILES string of the molecule is CCNC(=O)CCN1CCc2cc(C(C)NC)ccc21. The van der Waals surface area contributed by atoms with E-state index in [4.69, 9.17) is 0 Å². The molecule has 0 saturated heterocycles. The average molecular weight is 275 g/mol. The van der Waals surface area contributed by atoms with Gasteiger partial charge in [0.1, 0.15) is 0 Å². The number of hydrogen-bond donors (Lipinski definition) is 2. The summed E-state index contributed by atoms with van der Waals surface area (Å²) >= 11 is 0. The second kappa shape index (κ2) is 6.75. The molecule has 2 N–H and O–H groups in total. The smallest absolute Gasteiger partial charge is 0.221 e. The zero-order chi connectivity index (χ0) is 14.5. The van der Waals surface area contributed by atoms with Crippen molar-refractivity contribution in [2.75, 3.05) is 31.6 Å². The van der Waals surface area contributed by atoms with Crippen molar-refractivity contribution in [1.29, 1.82) is 0 Å². The minimum absolute atomic E-state index is 0.140. The first-order valence-electron chi connectivity index (χ1n) is 7.47. The van der Waals surface area contributed by atoms with Crippen molar-refractivity contribution in [2.24, 2.45) is 0 Å². The first kappa shape index (κ1) is 14.9. The Kier molecular flexibility index (Phi) is 5.01. The van der Waals surface area contributed by atoms with Crippen LogP contribution in [-0.4, -0.2) is 32.6 Å². The van der Waals surface area contributed by atoms with Crippen LogP contribution in [-0.2, 0) is 11.2 Å². The van der Waals surface area contributed by atoms with Gasteiger partial charge in [0.05, 0.1) is 0 Å². The fourth-order valence-corrected chi connectivity index (χ4v) is 2.68. The molecule has 4 nitrogen and oxygen atoms in total. The standard InChI is InChI=1S/C16H25N3O/c1-4-18-16(20)8-10-19-9-7-14-11-13(12(2)17-3)5-6-15(14)19/h5-6,11-12,17H,4,7-10H2,1-3H3,(H,18,20). The molecule has 1 unspecified atom stereocenters. The van der Waals surface area contributed by atoms with Crippen molar-refractivity contribution >= 4 is 11.6 Å². The number of hydrogen-bond acceptors (Lipinski definition) is 3. The van der Waals surface area contributed by atoms with Gasteiger partial charge in [-0.05, 0) is 44.5 Å². The Labute approximate surface area is 121 Å². The first-order valence-corrected chi connectivity index (χ1v) is 7.47. The molecule has 4 heteroatoms. The molecule has 0 bridgehead atoms. The summed E-state index contributed by atoms with van der Waals surface area (Å²) in [6.45, 7) is 6.66. The van der Waals surface area contributed by atoms with E-state index in [0.29, 0.717) is 19.0 Å². The number of amides is 1. The zero-order valence-electron chi connectivity index (χ0n) is 12.7. The van der Waals surface area contributed by atoms with Gasteiger partial charge in [-0.1, -0.05) is 12.1 Å². The molecule has 1 aromatic rings. The molecular weight excluding hydrogens is 250 g/mol. The molecule has 20 heavy (non-hydrogen) atoms. The van der Waals surface area contributed by atoms with Gasteiger partial charge in [0.15, 0.2) is 0 Å². The quantitative estimate of drug-likeness (QED) is 0.833. The number of fused-ring (bicyclic) bond motifs is 1. The van der Waals surface area contributed by atoms with Gasteiger partial charge in [-0.25, -0.2) is 0 Å². The number of anilines is 1. The van der Waals surface area contributed by atoms with Crippen LogP contribution < -0.4 is 15.5 Å². The van der Waals surface area contributed by atoms with Crippen LogP contribution in [0, 0.1) is 0 Å². The largest absolute Gasteiger partial charge is 0.370 e. The Bertz CT molecular complexity index is 473. The molecule has 1 aliphatic heterocycles. The van der Waals surface area contributed by atoms with Gasteiger partial charge in [0.25, 0.3) is 0 Å². The molecule has 1 amide bonds. The first-order chi connectivity index (χ1) is 9.65. The maximum absolute atomic E-state index is 11.5. The lowest BCUT2D eigenvalue weighted by molar-refractivity contribution is -0.120. The van der Waals surface area contributed by atoms with Crippen LogP contribution in [0.1, 0.15) is 37.4 Å². The molecule has 1 heterocycles. The Balaban J connectivity index is 2.00. The fraction of sp³-hybridized carbons (Fsp3) is 0.562. The summed E-state index contributed by atoms with van der Waals surface area (Å²) in [4.78, 5) is 13.9. The maximum Gasteiger partial charge on any atom is 0.221 e. The van der Waals surface area contributed by atoms with Crippen molar-refractivity contribution in [3.63, 3.8) is 0 Å². The fourth-order valence-electron chi connectivity index (χ4n) is 2.68. The number of carbonyl (C=O) groups is 1. The van der Waals surface area contributed by atoms with Crippen molar-refractivity contribution in [2.45, 2.75) is 32.7 Å². The third-order valence-corrected chi connectivity index (χ3v) is 4.01. The molecule has 0 saturated carbocycles. The van der Waals surface area contributed by atoms with E-state index < -0.39 is 0 Å². The van der Waals surface area contributed by atoms with Crippen LogP contribution in [0.4, 0.5) is 5.69 Å². The van der Waals surface area contributed by atoms with E-state index in [1.165, 1.54) is 16.8 Å². The predicted molar refractivity (Wildman–Crippen MR) is 83.1 cm³/mol. The minimum Gasteiger partial charge on any atom is -0.370 e. The summed E-state index contributed by atoms with van der Waals surface area (Å²) in [7, 11) is 1.98. The van der Waals surface area contributed by atoms with Crippen molar-refractivity contribution in [1.82, 2.24) is 10.6 Å². The molecule has 0 aliphatic carbocycles. The Morgan fingerprint density at radius 3 is 2.95 bits per heavy atom.